The van der Waals surface area contributed by atoms with Crippen LogP contribution in [0.1, 0.15) is 0 Å². The van der Waals surface area contributed by atoms with Gasteiger partial charge in [0.1, 0.15) is 0 Å². The number of benzene rings is 4. The maximum absolute atomic E-state index is 5.83. The Balaban J connectivity index is 0. The van der Waals surface area contributed by atoms with E-state index < -0.39 is 14.2 Å². The Bertz CT molecular complexity index is 954. The van der Waals surface area contributed by atoms with Crippen molar-refractivity contribution in [3.05, 3.63) is 144 Å². The number of hydrogen-bond acceptors (Lipinski definition) is 2. The maximum Gasteiger partial charge on any atom is 2.00 e. The fourth-order valence-electron chi connectivity index (χ4n) is 2.69. The summed E-state index contributed by atoms with van der Waals surface area (Å²) in [6.07, 6.45) is 0. The summed E-state index contributed by atoms with van der Waals surface area (Å²) in [4.78, 5) is 5.50. The zero-order chi connectivity index (χ0) is 25.0. The summed E-state index contributed by atoms with van der Waals surface area (Å²) in [5.41, 5.74) is 0. The standard InChI is InChI=1S/2C12H11PS.2C2H3N.2Pd/c2*14-13(11-7-3-1-4-8-11)12-9-5-2-6-10-12;2*1-3-2;;/h2*1-10,13H;2*1H3;;/q;;;;2*+2. The maximum atomic E-state index is 5.83. The summed E-state index contributed by atoms with van der Waals surface area (Å²) >= 11 is 11.1. The first-order valence-corrected chi connectivity index (χ1v) is 15.7. The molecule has 0 aromatic heterocycles. The topological polar surface area (TPSA) is 8.72 Å². The largest absolute Gasteiger partial charge is 2.00 e. The van der Waals surface area contributed by atoms with Gasteiger partial charge in [-0.1, -0.05) is 87.0 Å². The molecule has 0 aliphatic rings. The van der Waals surface area contributed by atoms with E-state index in [2.05, 4.69) is 107 Å². The Labute approximate surface area is 257 Å². The minimum atomic E-state index is -0.961. The van der Waals surface area contributed by atoms with Gasteiger partial charge in [0.2, 0.25) is 14.1 Å². The third-order valence-electron chi connectivity index (χ3n) is 4.14. The monoisotopic (exact) mass is 730 g/mol. The molecule has 0 spiro atoms. The van der Waals surface area contributed by atoms with E-state index in [1.807, 2.05) is 24.3 Å². The van der Waals surface area contributed by atoms with E-state index in [1.54, 1.807) is 0 Å². The van der Waals surface area contributed by atoms with Gasteiger partial charge in [-0.3, -0.25) is 0 Å². The predicted molar refractivity (Wildman–Crippen MR) is 161 cm³/mol. The molecule has 0 unspecified atom stereocenters. The molecule has 36 heavy (non-hydrogen) atoms. The Hall–Kier alpha value is -1.26. The van der Waals surface area contributed by atoms with Crippen LogP contribution in [-0.4, -0.2) is 14.1 Å². The van der Waals surface area contributed by atoms with Crippen LogP contribution in [0, 0.1) is 13.1 Å². The molecule has 8 heteroatoms. The van der Waals surface area contributed by atoms with Crippen LogP contribution in [0.15, 0.2) is 121 Å². The molecule has 2 nitrogen and oxygen atoms in total. The summed E-state index contributed by atoms with van der Waals surface area (Å²) in [6.45, 7) is 11.7. The molecular formula is C28H28N2P2Pd2S2+4. The van der Waals surface area contributed by atoms with Crippen LogP contribution >= 0.6 is 14.2 Å². The van der Waals surface area contributed by atoms with Crippen LogP contribution in [0.4, 0.5) is 0 Å². The van der Waals surface area contributed by atoms with Gasteiger partial charge in [0.25, 0.3) is 0 Å². The van der Waals surface area contributed by atoms with Gasteiger partial charge in [-0.15, -0.1) is 0 Å². The van der Waals surface area contributed by atoms with Gasteiger partial charge in [-0.2, -0.15) is 0 Å². The van der Waals surface area contributed by atoms with E-state index in [0.29, 0.717) is 0 Å². The summed E-state index contributed by atoms with van der Waals surface area (Å²) in [7, 11) is 0.910. The SMILES string of the molecule is [C-]#[N+]C.[C-]#[N+]C.[Pd+2].[Pd+2].[S-][PH+](c1ccccc1)c1ccccc1.[S-][PH+](c1ccccc1)c1ccccc1. The Kier molecular flexibility index (Phi) is 24.7. The first-order chi connectivity index (χ1) is 16.6. The number of hydrogen-bond donors (Lipinski definition) is 0. The molecule has 0 atom stereocenters. The van der Waals surface area contributed by atoms with Gasteiger partial charge >= 0.3 is 40.8 Å². The van der Waals surface area contributed by atoms with Crippen LogP contribution in [0.3, 0.4) is 0 Å². The second kappa shape index (κ2) is 24.1. The van der Waals surface area contributed by atoms with E-state index in [4.69, 9.17) is 37.6 Å². The molecule has 4 aromatic carbocycles. The molecule has 4 rings (SSSR count). The summed E-state index contributed by atoms with van der Waals surface area (Å²) in [6, 6.07) is 41.5. The van der Waals surface area contributed by atoms with Crippen molar-refractivity contribution in [2.45, 2.75) is 0 Å². The van der Waals surface area contributed by atoms with Crippen LogP contribution in [-0.2, 0) is 65.3 Å². The molecule has 0 amide bonds. The molecule has 0 radical (unpaired) electrons. The molecule has 0 aliphatic heterocycles. The quantitative estimate of drug-likeness (QED) is 0.116. The number of rotatable bonds is 4. The van der Waals surface area contributed by atoms with Gasteiger partial charge in [0, 0.05) is 0 Å². The van der Waals surface area contributed by atoms with Crippen LogP contribution < -0.4 is 21.2 Å². The fraction of sp³-hybridized carbons (Fsp3) is 0.0714. The third-order valence-corrected chi connectivity index (χ3v) is 10.4. The minimum absolute atomic E-state index is 0. The van der Waals surface area contributed by atoms with E-state index >= 15 is 0 Å². The van der Waals surface area contributed by atoms with Crippen molar-refractivity contribution in [2.75, 3.05) is 14.1 Å². The van der Waals surface area contributed by atoms with Crippen LogP contribution in [0.5, 0.6) is 0 Å². The molecule has 0 N–H and O–H groups in total. The number of nitrogens with zero attached hydrogens (tertiary/aromatic N) is 2. The van der Waals surface area contributed by atoms with E-state index in [-0.39, 0.29) is 40.8 Å². The Morgan fingerprint density at radius 2 is 0.583 bits per heavy atom. The molecule has 0 saturated carbocycles. The van der Waals surface area contributed by atoms with Crippen molar-refractivity contribution in [3.8, 4) is 0 Å². The summed E-state index contributed by atoms with van der Waals surface area (Å²) < 4.78 is 0. The van der Waals surface area contributed by atoms with Crippen molar-refractivity contribution in [2.24, 2.45) is 0 Å². The second-order valence-electron chi connectivity index (χ2n) is 6.57. The molecule has 0 aliphatic carbocycles. The molecule has 0 heterocycles. The van der Waals surface area contributed by atoms with Gasteiger partial charge < -0.3 is 34.2 Å². The van der Waals surface area contributed by atoms with Crippen molar-refractivity contribution < 1.29 is 40.8 Å². The first kappa shape index (κ1) is 36.9. The van der Waals surface area contributed by atoms with E-state index in [9.17, 15) is 0 Å². The van der Waals surface area contributed by atoms with Crippen molar-refractivity contribution in [3.63, 3.8) is 0 Å². The van der Waals surface area contributed by atoms with Gasteiger partial charge in [-0.05, 0) is 48.5 Å². The molecule has 4 aromatic rings. The molecule has 188 valence electrons. The Morgan fingerprint density at radius 3 is 0.722 bits per heavy atom. The van der Waals surface area contributed by atoms with E-state index in [0.717, 1.165) is 0 Å². The van der Waals surface area contributed by atoms with Gasteiger partial charge in [0.05, 0.1) is 21.2 Å². The average Bonchev–Trinajstić information content (AvgIpc) is 2.91. The zero-order valence-electron chi connectivity index (χ0n) is 19.9. The summed E-state index contributed by atoms with van der Waals surface area (Å²) in [5, 5.41) is 5.16. The summed E-state index contributed by atoms with van der Waals surface area (Å²) in [5.74, 6) is 0. The van der Waals surface area contributed by atoms with Gasteiger partial charge in [-0.25, -0.2) is 13.1 Å². The van der Waals surface area contributed by atoms with Crippen LogP contribution in [0.25, 0.3) is 9.69 Å². The molecule has 0 bridgehead atoms. The molecule has 0 saturated heterocycles. The molecule has 0 fully saturated rings. The fourth-order valence-corrected chi connectivity index (χ4v) is 6.97. The van der Waals surface area contributed by atoms with Crippen molar-refractivity contribution in [1.82, 2.24) is 0 Å². The molecular weight excluding hydrogens is 703 g/mol. The average molecular weight is 731 g/mol. The predicted octanol–water partition coefficient (Wildman–Crippen LogP) is 5.69. The van der Waals surface area contributed by atoms with Crippen LogP contribution in [0.2, 0.25) is 0 Å². The minimum Gasteiger partial charge on any atom is -0.548 e. The van der Waals surface area contributed by atoms with Crippen molar-refractivity contribution in [1.29, 1.82) is 0 Å². The second-order valence-corrected chi connectivity index (χ2v) is 12.6. The first-order valence-electron chi connectivity index (χ1n) is 10.4. The smallest absolute Gasteiger partial charge is 0.548 e. The third kappa shape index (κ3) is 15.1. The zero-order valence-corrected chi connectivity index (χ0v) is 26.6. The normalized spacial score (nSPS) is 8.56. The Morgan fingerprint density at radius 1 is 0.444 bits per heavy atom. The van der Waals surface area contributed by atoms with Gasteiger partial charge in [0.15, 0.2) is 0 Å². The van der Waals surface area contributed by atoms with Crippen molar-refractivity contribution >= 4 is 60.0 Å². The van der Waals surface area contributed by atoms with E-state index in [1.165, 1.54) is 35.3 Å².